The van der Waals surface area contributed by atoms with Crippen molar-refractivity contribution in [2.75, 3.05) is 13.1 Å². The minimum absolute atomic E-state index is 0.0790. The van der Waals surface area contributed by atoms with E-state index >= 15 is 0 Å². The molecule has 1 amide bonds. The van der Waals surface area contributed by atoms with Gasteiger partial charge < -0.3 is 14.2 Å². The highest BCUT2D eigenvalue weighted by Crippen LogP contribution is 2.20. The lowest BCUT2D eigenvalue weighted by Gasteiger charge is -2.30. The van der Waals surface area contributed by atoms with Crippen molar-refractivity contribution in [3.8, 4) is 0 Å². The fraction of sp³-hybridized carbons (Fsp3) is 0.423. The fourth-order valence-electron chi connectivity index (χ4n) is 4.37. The number of H-pyrrole nitrogens is 1. The van der Waals surface area contributed by atoms with Crippen LogP contribution in [0.4, 0.5) is 0 Å². The van der Waals surface area contributed by atoms with Crippen LogP contribution in [0.25, 0.3) is 17.2 Å². The number of piperidine rings is 1. The van der Waals surface area contributed by atoms with Gasteiger partial charge in [0.05, 0.1) is 5.92 Å². The van der Waals surface area contributed by atoms with Crippen LogP contribution in [0.1, 0.15) is 44.0 Å². The molecular formula is C26H31N5O5. The summed E-state index contributed by atoms with van der Waals surface area (Å²) in [7, 11) is 1.66. The molecule has 4 rings (SSSR count). The van der Waals surface area contributed by atoms with Gasteiger partial charge in [0.25, 0.3) is 5.56 Å². The van der Waals surface area contributed by atoms with Gasteiger partial charge >= 0.3 is 11.7 Å². The molecular weight excluding hydrogens is 462 g/mol. The number of nitrogens with zero attached hydrogens (tertiary/aromatic N) is 4. The average Bonchev–Trinajstić information content (AvgIpc) is 3.22. The molecule has 0 radical (unpaired) electrons. The van der Waals surface area contributed by atoms with E-state index in [4.69, 9.17) is 4.74 Å². The molecule has 0 bridgehead atoms. The number of nitrogens with one attached hydrogen (secondary N) is 1. The van der Waals surface area contributed by atoms with E-state index in [1.807, 2.05) is 37.3 Å². The molecule has 10 nitrogen and oxygen atoms in total. The summed E-state index contributed by atoms with van der Waals surface area (Å²) in [5.74, 6) is -0.359. The Balaban J connectivity index is 1.36. The van der Waals surface area contributed by atoms with E-state index in [0.717, 1.165) is 18.4 Å². The van der Waals surface area contributed by atoms with Crippen molar-refractivity contribution in [2.45, 2.75) is 45.8 Å². The van der Waals surface area contributed by atoms with Gasteiger partial charge in [-0.1, -0.05) is 43.7 Å². The van der Waals surface area contributed by atoms with Gasteiger partial charge in [-0.3, -0.25) is 23.9 Å². The zero-order chi connectivity index (χ0) is 25.7. The van der Waals surface area contributed by atoms with E-state index in [1.54, 1.807) is 28.7 Å². The minimum Gasteiger partial charge on any atom is -0.457 e. The van der Waals surface area contributed by atoms with E-state index < -0.39 is 11.2 Å². The monoisotopic (exact) mass is 493 g/mol. The first-order chi connectivity index (χ1) is 17.4. The first-order valence-electron chi connectivity index (χ1n) is 12.3. The molecule has 1 aliphatic heterocycles. The van der Waals surface area contributed by atoms with Gasteiger partial charge in [0.1, 0.15) is 12.4 Å². The van der Waals surface area contributed by atoms with Crippen LogP contribution < -0.4 is 11.2 Å². The van der Waals surface area contributed by atoms with E-state index in [0.29, 0.717) is 43.9 Å². The van der Waals surface area contributed by atoms with Gasteiger partial charge in [-0.15, -0.1) is 0 Å². The third kappa shape index (κ3) is 5.48. The Bertz CT molecular complexity index is 1380. The summed E-state index contributed by atoms with van der Waals surface area (Å²) >= 11 is 0. The van der Waals surface area contributed by atoms with Crippen LogP contribution in [-0.2, 0) is 34.5 Å². The van der Waals surface area contributed by atoms with Crippen molar-refractivity contribution in [1.82, 2.24) is 24.0 Å². The number of amides is 1. The second-order valence-electron chi connectivity index (χ2n) is 8.98. The second-order valence-corrected chi connectivity index (χ2v) is 8.98. The largest absolute Gasteiger partial charge is 0.457 e. The molecule has 1 N–H and O–H groups in total. The Hall–Kier alpha value is -3.95. The van der Waals surface area contributed by atoms with Crippen LogP contribution in [0.5, 0.6) is 0 Å². The maximum Gasteiger partial charge on any atom is 0.330 e. The highest BCUT2D eigenvalue weighted by molar-refractivity contribution is 5.92. The molecule has 1 aliphatic rings. The summed E-state index contributed by atoms with van der Waals surface area (Å²) in [4.78, 5) is 58.4. The SMILES string of the molecule is CCCCn1c(=O)[nH]c(=O)c2c1nc(COC(=O)C1CCN(C(=O)/C=C/c3ccccc3)CC1)n2C. The standard InChI is InChI=1S/C26H31N5O5/c1-3-4-14-31-23-22(24(33)28-26(31)35)29(2)20(27-23)17-36-25(34)19-12-15-30(16-13-19)21(32)11-10-18-8-6-5-7-9-18/h5-11,19H,3-4,12-17H2,1-2H3,(H,28,33,35)/b11-10+. The summed E-state index contributed by atoms with van der Waals surface area (Å²) in [6, 6.07) is 9.61. The molecule has 36 heavy (non-hydrogen) atoms. The minimum atomic E-state index is -0.520. The van der Waals surface area contributed by atoms with E-state index in [1.165, 1.54) is 4.57 Å². The maximum absolute atomic E-state index is 12.7. The quantitative estimate of drug-likeness (QED) is 0.380. The Labute approximate surface area is 208 Å². The number of aryl methyl sites for hydroxylation is 2. The number of fused-ring (bicyclic) bond motifs is 1. The molecule has 10 heteroatoms. The van der Waals surface area contributed by atoms with Crippen molar-refractivity contribution in [1.29, 1.82) is 0 Å². The van der Waals surface area contributed by atoms with Crippen molar-refractivity contribution < 1.29 is 14.3 Å². The second kappa shape index (κ2) is 11.2. The van der Waals surface area contributed by atoms with Crippen LogP contribution in [0.2, 0.25) is 0 Å². The number of benzene rings is 1. The lowest BCUT2D eigenvalue weighted by molar-refractivity contribution is -0.152. The topological polar surface area (TPSA) is 119 Å². The van der Waals surface area contributed by atoms with Crippen molar-refractivity contribution in [3.05, 3.63) is 68.6 Å². The number of hydrogen-bond acceptors (Lipinski definition) is 6. The zero-order valence-corrected chi connectivity index (χ0v) is 20.6. The van der Waals surface area contributed by atoms with Crippen LogP contribution in [0, 0.1) is 5.92 Å². The van der Waals surface area contributed by atoms with Crippen LogP contribution >= 0.6 is 0 Å². The highest BCUT2D eigenvalue weighted by atomic mass is 16.5. The number of carbonyl (C=O) groups is 2. The Morgan fingerprint density at radius 1 is 1.17 bits per heavy atom. The number of aromatic amines is 1. The van der Waals surface area contributed by atoms with Crippen molar-refractivity contribution in [2.24, 2.45) is 13.0 Å². The molecule has 3 aromatic rings. The Kier molecular flexibility index (Phi) is 7.82. The normalized spacial score (nSPS) is 14.6. The fourth-order valence-corrected chi connectivity index (χ4v) is 4.37. The van der Waals surface area contributed by atoms with Gasteiger partial charge in [-0.25, -0.2) is 9.78 Å². The average molecular weight is 494 g/mol. The van der Waals surface area contributed by atoms with Gasteiger partial charge in [0, 0.05) is 32.8 Å². The number of imidazole rings is 1. The molecule has 190 valence electrons. The summed E-state index contributed by atoms with van der Waals surface area (Å²) in [5, 5.41) is 0. The molecule has 1 saturated heterocycles. The Morgan fingerprint density at radius 2 is 1.89 bits per heavy atom. The number of unbranched alkanes of at least 4 members (excludes halogenated alkanes) is 1. The molecule has 1 aromatic carbocycles. The molecule has 0 unspecified atom stereocenters. The van der Waals surface area contributed by atoms with E-state index in [-0.39, 0.29) is 29.9 Å². The van der Waals surface area contributed by atoms with Crippen LogP contribution in [0.15, 0.2) is 46.0 Å². The molecule has 0 spiro atoms. The predicted octanol–water partition coefficient (Wildman–Crippen LogP) is 2.22. The van der Waals surface area contributed by atoms with Crippen molar-refractivity contribution in [3.63, 3.8) is 0 Å². The summed E-state index contributed by atoms with van der Waals surface area (Å²) in [5.41, 5.74) is 0.500. The van der Waals surface area contributed by atoms with Crippen LogP contribution in [-0.4, -0.2) is 49.0 Å². The van der Waals surface area contributed by atoms with Crippen LogP contribution in [0.3, 0.4) is 0 Å². The first-order valence-corrected chi connectivity index (χ1v) is 12.3. The number of esters is 1. The summed E-state index contributed by atoms with van der Waals surface area (Å²) < 4.78 is 8.54. The molecule has 2 aromatic heterocycles. The highest BCUT2D eigenvalue weighted by Gasteiger charge is 2.28. The van der Waals surface area contributed by atoms with E-state index in [9.17, 15) is 19.2 Å². The zero-order valence-electron chi connectivity index (χ0n) is 20.6. The van der Waals surface area contributed by atoms with E-state index in [2.05, 4.69) is 9.97 Å². The van der Waals surface area contributed by atoms with Gasteiger partial charge in [0.2, 0.25) is 5.91 Å². The van der Waals surface area contributed by atoms with Gasteiger partial charge in [0.15, 0.2) is 11.2 Å². The molecule has 0 aliphatic carbocycles. The number of hydrogen-bond donors (Lipinski definition) is 1. The van der Waals surface area contributed by atoms with Gasteiger partial charge in [-0.05, 0) is 30.9 Å². The number of aromatic nitrogens is 4. The number of likely N-dealkylation sites (tertiary alicyclic amines) is 1. The summed E-state index contributed by atoms with van der Waals surface area (Å²) in [6.07, 6.45) is 6.03. The smallest absolute Gasteiger partial charge is 0.330 e. The molecule has 0 saturated carbocycles. The third-order valence-electron chi connectivity index (χ3n) is 6.54. The first kappa shape index (κ1) is 25.2. The Morgan fingerprint density at radius 3 is 2.58 bits per heavy atom. The number of rotatable bonds is 8. The third-order valence-corrected chi connectivity index (χ3v) is 6.54. The number of ether oxygens (including phenoxy) is 1. The lowest BCUT2D eigenvalue weighted by atomic mass is 9.97. The van der Waals surface area contributed by atoms with Gasteiger partial charge in [-0.2, -0.15) is 0 Å². The molecule has 1 fully saturated rings. The summed E-state index contributed by atoms with van der Waals surface area (Å²) in [6.45, 7) is 3.30. The predicted molar refractivity (Wildman–Crippen MR) is 135 cm³/mol. The van der Waals surface area contributed by atoms with Crippen molar-refractivity contribution >= 4 is 29.1 Å². The molecule has 0 atom stereocenters. The molecule has 3 heterocycles. The lowest BCUT2D eigenvalue weighted by Crippen LogP contribution is -2.39. The number of carbonyl (C=O) groups excluding carboxylic acids is 2. The maximum atomic E-state index is 12.7.